The van der Waals surface area contributed by atoms with Crippen LogP contribution in [0, 0.1) is 6.92 Å². The van der Waals surface area contributed by atoms with Crippen molar-refractivity contribution in [2.75, 3.05) is 6.61 Å². The van der Waals surface area contributed by atoms with E-state index < -0.39 is 18.3 Å². The lowest BCUT2D eigenvalue weighted by Gasteiger charge is -2.32. The van der Waals surface area contributed by atoms with Crippen molar-refractivity contribution in [1.82, 2.24) is 4.98 Å². The summed E-state index contributed by atoms with van der Waals surface area (Å²) in [6.45, 7) is 9.40. The van der Waals surface area contributed by atoms with Gasteiger partial charge in [0.1, 0.15) is 11.4 Å². The predicted molar refractivity (Wildman–Crippen MR) is 81.8 cm³/mol. The molecular weight excluding hydrogens is 269 g/mol. The Morgan fingerprint density at radius 2 is 1.81 bits per heavy atom. The molecular formula is C15H22BNO4. The lowest BCUT2D eigenvalue weighted by Crippen LogP contribution is -2.41. The highest BCUT2D eigenvalue weighted by Gasteiger charge is 2.52. The number of aromatic hydroxyl groups is 1. The van der Waals surface area contributed by atoms with Crippen LogP contribution in [-0.4, -0.2) is 40.1 Å². The molecule has 0 saturated carbocycles. The van der Waals surface area contributed by atoms with Gasteiger partial charge in [-0.05, 0) is 58.3 Å². The summed E-state index contributed by atoms with van der Waals surface area (Å²) < 4.78 is 11.8. The molecule has 2 heterocycles. The minimum Gasteiger partial charge on any atom is -0.506 e. The SMILES string of the molecule is Cc1ccc(O)c(C=C(CO)B2OC(C)(C)C(C)(C)O2)n1. The van der Waals surface area contributed by atoms with Crippen LogP contribution in [0.4, 0.5) is 0 Å². The Labute approximate surface area is 125 Å². The van der Waals surface area contributed by atoms with Crippen molar-refractivity contribution < 1.29 is 19.5 Å². The third kappa shape index (κ3) is 3.12. The van der Waals surface area contributed by atoms with Gasteiger partial charge in [-0.15, -0.1) is 0 Å². The number of hydrogen-bond donors (Lipinski definition) is 2. The van der Waals surface area contributed by atoms with E-state index in [-0.39, 0.29) is 12.4 Å². The van der Waals surface area contributed by atoms with Crippen molar-refractivity contribution >= 4 is 13.2 Å². The Bertz CT molecular complexity index is 553. The van der Waals surface area contributed by atoms with E-state index in [1.54, 1.807) is 18.2 Å². The Kier molecular flexibility index (Phi) is 4.15. The lowest BCUT2D eigenvalue weighted by molar-refractivity contribution is 0.00578. The highest BCUT2D eigenvalue weighted by atomic mass is 16.7. The van der Waals surface area contributed by atoms with Crippen LogP contribution < -0.4 is 0 Å². The predicted octanol–water partition coefficient (Wildman–Crippen LogP) is 2.10. The number of aliphatic hydroxyl groups excluding tert-OH is 1. The van der Waals surface area contributed by atoms with Gasteiger partial charge in [-0.2, -0.15) is 0 Å². The maximum absolute atomic E-state index is 9.86. The fourth-order valence-electron chi connectivity index (χ4n) is 2.03. The lowest BCUT2D eigenvalue weighted by atomic mass is 9.78. The molecule has 5 nitrogen and oxygen atoms in total. The Morgan fingerprint density at radius 1 is 1.24 bits per heavy atom. The Balaban J connectivity index is 2.33. The van der Waals surface area contributed by atoms with Gasteiger partial charge >= 0.3 is 7.12 Å². The normalized spacial score (nSPS) is 20.9. The van der Waals surface area contributed by atoms with Gasteiger partial charge in [-0.25, -0.2) is 4.98 Å². The van der Waals surface area contributed by atoms with Crippen LogP contribution in [0.1, 0.15) is 39.1 Å². The van der Waals surface area contributed by atoms with Crippen molar-refractivity contribution in [3.05, 3.63) is 29.0 Å². The van der Waals surface area contributed by atoms with E-state index in [0.29, 0.717) is 11.2 Å². The van der Waals surface area contributed by atoms with Crippen molar-refractivity contribution in [3.63, 3.8) is 0 Å². The molecule has 1 fully saturated rings. The molecule has 1 aromatic rings. The Hall–Kier alpha value is -1.37. The quantitative estimate of drug-likeness (QED) is 0.834. The van der Waals surface area contributed by atoms with Crippen LogP contribution in [0.2, 0.25) is 0 Å². The fraction of sp³-hybridized carbons (Fsp3) is 0.533. The standard InChI is InChI=1S/C15H22BNO4/c1-10-6-7-13(19)12(17-10)8-11(9-18)16-20-14(2,3)15(4,5)21-16/h6-8,18-19H,9H2,1-5H3. The monoisotopic (exact) mass is 291 g/mol. The molecule has 114 valence electrons. The van der Waals surface area contributed by atoms with E-state index in [1.165, 1.54) is 0 Å². The Morgan fingerprint density at radius 3 is 2.33 bits per heavy atom. The summed E-state index contributed by atoms with van der Waals surface area (Å²) in [5, 5.41) is 19.5. The number of aryl methyl sites for hydroxylation is 1. The zero-order chi connectivity index (χ0) is 15.8. The molecule has 1 aliphatic rings. The number of hydrogen-bond acceptors (Lipinski definition) is 5. The van der Waals surface area contributed by atoms with Gasteiger partial charge < -0.3 is 19.5 Å². The fourth-order valence-corrected chi connectivity index (χ4v) is 2.03. The van der Waals surface area contributed by atoms with Crippen LogP contribution in [0.3, 0.4) is 0 Å². The average molecular weight is 291 g/mol. The zero-order valence-electron chi connectivity index (χ0n) is 13.2. The molecule has 0 radical (unpaired) electrons. The topological polar surface area (TPSA) is 71.8 Å². The molecule has 0 atom stereocenters. The van der Waals surface area contributed by atoms with E-state index in [2.05, 4.69) is 4.98 Å². The van der Waals surface area contributed by atoms with Crippen molar-refractivity contribution in [2.45, 2.75) is 45.8 Å². The highest BCUT2D eigenvalue weighted by molar-refractivity contribution is 6.55. The van der Waals surface area contributed by atoms with Crippen LogP contribution in [0.25, 0.3) is 6.08 Å². The maximum Gasteiger partial charge on any atom is 0.492 e. The van der Waals surface area contributed by atoms with Gasteiger partial charge in [0.05, 0.1) is 17.8 Å². The van der Waals surface area contributed by atoms with E-state index in [1.807, 2.05) is 34.6 Å². The second-order valence-corrected chi connectivity index (χ2v) is 6.32. The average Bonchev–Trinajstić information content (AvgIpc) is 2.59. The van der Waals surface area contributed by atoms with Crippen LogP contribution in [-0.2, 0) is 9.31 Å². The second kappa shape index (κ2) is 5.44. The summed E-state index contributed by atoms with van der Waals surface area (Å²) in [6.07, 6.45) is 1.62. The summed E-state index contributed by atoms with van der Waals surface area (Å²) in [7, 11) is -0.651. The van der Waals surface area contributed by atoms with Gasteiger partial charge in [0.2, 0.25) is 0 Å². The molecule has 0 bridgehead atoms. The molecule has 2 N–H and O–H groups in total. The van der Waals surface area contributed by atoms with Gasteiger partial charge in [0.25, 0.3) is 0 Å². The number of nitrogens with zero attached hydrogens (tertiary/aromatic N) is 1. The zero-order valence-corrected chi connectivity index (χ0v) is 13.2. The first kappa shape index (κ1) is 16.0. The molecule has 1 aliphatic heterocycles. The largest absolute Gasteiger partial charge is 0.506 e. The molecule has 1 saturated heterocycles. The summed E-state index contributed by atoms with van der Waals surface area (Å²) in [6, 6.07) is 3.30. The second-order valence-electron chi connectivity index (χ2n) is 6.32. The van der Waals surface area contributed by atoms with E-state index in [0.717, 1.165) is 5.69 Å². The molecule has 0 amide bonds. The molecule has 6 heteroatoms. The van der Waals surface area contributed by atoms with E-state index in [4.69, 9.17) is 9.31 Å². The summed E-state index contributed by atoms with van der Waals surface area (Å²) in [5.41, 5.74) is 0.753. The third-order valence-electron chi connectivity index (χ3n) is 4.10. The molecule has 1 aromatic heterocycles. The van der Waals surface area contributed by atoms with Crippen molar-refractivity contribution in [1.29, 1.82) is 0 Å². The highest BCUT2D eigenvalue weighted by Crippen LogP contribution is 2.38. The van der Waals surface area contributed by atoms with Crippen molar-refractivity contribution in [3.8, 4) is 5.75 Å². The van der Waals surface area contributed by atoms with E-state index >= 15 is 0 Å². The first-order valence-electron chi connectivity index (χ1n) is 7.00. The number of aliphatic hydroxyl groups is 1. The minimum absolute atomic E-state index is 0.0584. The first-order chi connectivity index (χ1) is 9.66. The third-order valence-corrected chi connectivity index (χ3v) is 4.10. The van der Waals surface area contributed by atoms with Gasteiger partial charge in [0.15, 0.2) is 0 Å². The van der Waals surface area contributed by atoms with Gasteiger partial charge in [-0.1, -0.05) is 0 Å². The maximum atomic E-state index is 9.86. The van der Waals surface area contributed by atoms with Gasteiger partial charge in [-0.3, -0.25) is 0 Å². The number of pyridine rings is 1. The molecule has 2 rings (SSSR count). The summed E-state index contributed by atoms with van der Waals surface area (Å²) in [4.78, 5) is 4.26. The van der Waals surface area contributed by atoms with E-state index in [9.17, 15) is 10.2 Å². The molecule has 21 heavy (non-hydrogen) atoms. The molecule has 0 aliphatic carbocycles. The first-order valence-corrected chi connectivity index (χ1v) is 7.00. The summed E-state index contributed by atoms with van der Waals surface area (Å²) >= 11 is 0. The smallest absolute Gasteiger partial charge is 0.492 e. The minimum atomic E-state index is -0.651. The van der Waals surface area contributed by atoms with Crippen molar-refractivity contribution in [2.24, 2.45) is 0 Å². The summed E-state index contributed by atoms with van der Waals surface area (Å²) in [5.74, 6) is 0.0584. The molecule has 0 unspecified atom stereocenters. The van der Waals surface area contributed by atoms with Gasteiger partial charge in [0, 0.05) is 5.69 Å². The van der Waals surface area contributed by atoms with Crippen LogP contribution in [0.5, 0.6) is 5.75 Å². The number of rotatable bonds is 3. The molecule has 0 spiro atoms. The molecule has 0 aromatic carbocycles. The van der Waals surface area contributed by atoms with Crippen LogP contribution in [0.15, 0.2) is 17.6 Å². The number of aromatic nitrogens is 1. The van der Waals surface area contributed by atoms with Crippen LogP contribution >= 0.6 is 0 Å².